The van der Waals surface area contributed by atoms with Crippen molar-refractivity contribution in [2.45, 2.75) is 61.7 Å². The molecular weight excluding hydrogens is 342 g/mol. The van der Waals surface area contributed by atoms with E-state index in [1.807, 2.05) is 6.07 Å². The molecule has 6 rings (SSSR count). The summed E-state index contributed by atoms with van der Waals surface area (Å²) in [6.45, 7) is 2.09. The summed E-state index contributed by atoms with van der Waals surface area (Å²) in [6.07, 6.45) is 4.42. The fourth-order valence-electron chi connectivity index (χ4n) is 6.94. The molecule has 0 amide bonds. The largest absolute Gasteiger partial charge is 0.504 e. The number of carbonyl (C=O) groups is 1. The maximum Gasteiger partial charge on any atom is 0.174 e. The van der Waals surface area contributed by atoms with E-state index in [0.717, 1.165) is 47.5 Å². The molecule has 2 heterocycles. The second-order valence-corrected chi connectivity index (χ2v) is 9.61. The number of hydrogen-bond acceptors (Lipinski definition) is 4. The Morgan fingerprint density at radius 1 is 1.30 bits per heavy atom. The van der Waals surface area contributed by atoms with E-state index >= 15 is 0 Å². The molecule has 2 saturated carbocycles. The Hall–Kier alpha value is -1.59. The maximum absolute atomic E-state index is 12.8. The number of phenolic OH excluding ortho intramolecular Hbond substituents is 1. The van der Waals surface area contributed by atoms with Gasteiger partial charge in [-0.2, -0.15) is 0 Å². The van der Waals surface area contributed by atoms with Crippen LogP contribution in [0, 0.1) is 13.3 Å². The summed E-state index contributed by atoms with van der Waals surface area (Å²) < 4.78 is 6.98. The van der Waals surface area contributed by atoms with Crippen LogP contribution >= 0.6 is 0 Å². The smallest absolute Gasteiger partial charge is 0.174 e. The van der Waals surface area contributed by atoms with Gasteiger partial charge in [0, 0.05) is 30.7 Å². The lowest BCUT2D eigenvalue weighted by Crippen LogP contribution is -2.80. The van der Waals surface area contributed by atoms with Crippen molar-refractivity contribution in [3.8, 4) is 11.5 Å². The zero-order valence-electron chi connectivity index (χ0n) is 16.2. The summed E-state index contributed by atoms with van der Waals surface area (Å²) in [5.41, 5.74) is 0.492. The van der Waals surface area contributed by atoms with Crippen LogP contribution in [0.25, 0.3) is 0 Å². The van der Waals surface area contributed by atoms with Gasteiger partial charge in [-0.25, -0.2) is 0 Å². The van der Waals surface area contributed by atoms with Crippen LogP contribution in [0.15, 0.2) is 12.1 Å². The van der Waals surface area contributed by atoms with E-state index in [1.54, 1.807) is 6.07 Å². The first kappa shape index (κ1) is 17.5. The van der Waals surface area contributed by atoms with E-state index in [4.69, 9.17) is 4.74 Å². The predicted octanol–water partition coefficient (Wildman–Crippen LogP) is 2.12. The highest BCUT2D eigenvalue weighted by Crippen LogP contribution is 2.65. The minimum absolute atomic E-state index is 0. The number of Topliss-reactive ketones (excluding diaryl/α,β-unsaturated/α-hetero) is 1. The molecule has 5 heteroatoms. The van der Waals surface area contributed by atoms with E-state index in [0.29, 0.717) is 18.6 Å². The Kier molecular flexibility index (Phi) is 3.28. The van der Waals surface area contributed by atoms with Crippen molar-refractivity contribution in [1.82, 2.24) is 0 Å². The molecule has 1 aromatic carbocycles. The van der Waals surface area contributed by atoms with E-state index < -0.39 is 17.1 Å². The van der Waals surface area contributed by atoms with E-state index in [9.17, 15) is 15.0 Å². The van der Waals surface area contributed by atoms with Gasteiger partial charge in [-0.3, -0.25) is 4.79 Å². The molecule has 5 atom stereocenters. The van der Waals surface area contributed by atoms with Crippen LogP contribution in [0.5, 0.6) is 11.5 Å². The Morgan fingerprint density at radius 2 is 2.07 bits per heavy atom. The number of phenols is 1. The van der Waals surface area contributed by atoms with Crippen molar-refractivity contribution in [3.63, 3.8) is 0 Å². The van der Waals surface area contributed by atoms with Crippen LogP contribution in [0.1, 0.15) is 43.2 Å². The number of benzene rings is 1. The van der Waals surface area contributed by atoms with Gasteiger partial charge in [0.15, 0.2) is 23.4 Å². The summed E-state index contributed by atoms with van der Waals surface area (Å²) in [7, 11) is 2.31. The topological polar surface area (TPSA) is 66.8 Å². The molecule has 2 aliphatic heterocycles. The SMILES string of the molecule is C[N@+]1(CC2CC2)CC[C@]23c4c5ccc(O)c4O[C@H]2C(=O)CC[C@@]3(O)[C@H]1C5.[CH3-]. The molecule has 1 aromatic rings. The number of carbonyl (C=O) groups excluding carboxylic acids is 1. The van der Waals surface area contributed by atoms with E-state index in [1.165, 1.54) is 12.8 Å². The number of aromatic hydroxyl groups is 1. The first-order valence-corrected chi connectivity index (χ1v) is 10.0. The van der Waals surface area contributed by atoms with Crippen LogP contribution in [-0.2, 0) is 16.6 Å². The third kappa shape index (κ3) is 1.85. The van der Waals surface area contributed by atoms with Crippen LogP contribution in [0.3, 0.4) is 0 Å². The minimum Gasteiger partial charge on any atom is -0.504 e. The summed E-state index contributed by atoms with van der Waals surface area (Å²) in [5.74, 6) is 1.42. The number of hydrogen-bond donors (Lipinski definition) is 2. The fraction of sp³-hybridized carbons (Fsp3) is 0.636. The van der Waals surface area contributed by atoms with Crippen LogP contribution in [0.4, 0.5) is 0 Å². The molecule has 1 spiro atoms. The van der Waals surface area contributed by atoms with Crippen molar-refractivity contribution in [3.05, 3.63) is 30.7 Å². The lowest BCUT2D eigenvalue weighted by Gasteiger charge is -2.64. The van der Waals surface area contributed by atoms with Crippen molar-refractivity contribution < 1.29 is 24.2 Å². The molecular formula is C22H29NO4. The highest BCUT2D eigenvalue weighted by Gasteiger charge is 2.76. The second-order valence-electron chi connectivity index (χ2n) is 9.61. The van der Waals surface area contributed by atoms with Crippen LogP contribution in [-0.4, -0.2) is 58.4 Å². The average Bonchev–Trinajstić information content (AvgIpc) is 3.32. The summed E-state index contributed by atoms with van der Waals surface area (Å²) in [5, 5.41) is 22.5. The summed E-state index contributed by atoms with van der Waals surface area (Å²) >= 11 is 0. The van der Waals surface area contributed by atoms with Crippen molar-refractivity contribution >= 4 is 5.78 Å². The monoisotopic (exact) mass is 371 g/mol. The molecule has 3 aliphatic carbocycles. The second kappa shape index (κ2) is 5.06. The quantitative estimate of drug-likeness (QED) is 0.617. The van der Waals surface area contributed by atoms with Gasteiger partial charge in [0.1, 0.15) is 11.6 Å². The molecule has 1 saturated heterocycles. The molecule has 146 valence electrons. The Balaban J connectivity index is 0.00000160. The number of quaternary nitrogens is 1. The number of nitrogens with zero attached hydrogens (tertiary/aromatic N) is 1. The molecule has 3 fully saturated rings. The molecule has 2 bridgehead atoms. The van der Waals surface area contributed by atoms with Crippen molar-refractivity contribution in [1.29, 1.82) is 0 Å². The Labute approximate surface area is 160 Å². The van der Waals surface area contributed by atoms with E-state index in [-0.39, 0.29) is 25.0 Å². The van der Waals surface area contributed by atoms with Gasteiger partial charge in [-0.1, -0.05) is 6.07 Å². The standard InChI is InChI=1S/C21H25NO4.CH3/c1-22(11-12-2-3-12)9-8-20-17-13-4-5-14(23)18(17)26-19(20)15(24)6-7-21(20,25)16(22)10-13;/h4-5,12,16,19,25H,2-3,6-11H2,1H3;1H3/q;-1/p+1/t16-,19+,20+,21-,22-;/m1./s1. The van der Waals surface area contributed by atoms with Gasteiger partial charge in [-0.05, 0) is 30.9 Å². The fourth-order valence-corrected chi connectivity index (χ4v) is 6.94. The normalized spacial score (nSPS) is 43.6. The number of ketones is 1. The number of piperidine rings is 1. The van der Waals surface area contributed by atoms with Crippen molar-refractivity contribution in [2.75, 3.05) is 20.1 Å². The molecule has 5 nitrogen and oxygen atoms in total. The molecule has 0 aromatic heterocycles. The summed E-state index contributed by atoms with van der Waals surface area (Å²) in [4.78, 5) is 12.8. The van der Waals surface area contributed by atoms with Gasteiger partial charge in [0.25, 0.3) is 0 Å². The number of likely N-dealkylation sites (tertiary alicyclic amines) is 1. The number of rotatable bonds is 2. The lowest BCUT2D eigenvalue weighted by molar-refractivity contribution is -0.950. The minimum atomic E-state index is -0.931. The number of likely N-dealkylation sites (N-methyl/N-ethyl adjacent to an activating group) is 1. The molecule has 0 radical (unpaired) electrons. The molecule has 0 unspecified atom stereocenters. The van der Waals surface area contributed by atoms with Crippen molar-refractivity contribution in [2.24, 2.45) is 5.92 Å². The van der Waals surface area contributed by atoms with Gasteiger partial charge < -0.3 is 26.9 Å². The zero-order valence-corrected chi connectivity index (χ0v) is 16.2. The lowest BCUT2D eigenvalue weighted by atomic mass is 9.48. The molecule has 27 heavy (non-hydrogen) atoms. The van der Waals surface area contributed by atoms with Gasteiger partial charge in [0.05, 0.1) is 25.6 Å². The number of aliphatic hydroxyl groups is 1. The predicted molar refractivity (Wildman–Crippen MR) is 101 cm³/mol. The zero-order chi connectivity index (χ0) is 17.9. The summed E-state index contributed by atoms with van der Waals surface area (Å²) in [6, 6.07) is 3.77. The van der Waals surface area contributed by atoms with Crippen LogP contribution in [0.2, 0.25) is 0 Å². The third-order valence-corrected chi connectivity index (χ3v) is 8.28. The highest BCUT2D eigenvalue weighted by atomic mass is 16.5. The average molecular weight is 371 g/mol. The molecule has 5 aliphatic rings. The number of ether oxygens (including phenoxy) is 1. The Morgan fingerprint density at radius 3 is 2.81 bits per heavy atom. The van der Waals surface area contributed by atoms with Gasteiger partial charge in [-0.15, -0.1) is 0 Å². The third-order valence-electron chi connectivity index (χ3n) is 8.28. The first-order chi connectivity index (χ1) is 12.4. The molecule has 2 N–H and O–H groups in total. The highest BCUT2D eigenvalue weighted by molar-refractivity contribution is 5.90. The Bertz CT molecular complexity index is 849. The van der Waals surface area contributed by atoms with Crippen LogP contribution < -0.4 is 4.74 Å². The first-order valence-electron chi connectivity index (χ1n) is 10.0. The maximum atomic E-state index is 12.8. The van der Waals surface area contributed by atoms with E-state index in [2.05, 4.69) is 7.05 Å². The van der Waals surface area contributed by atoms with Gasteiger partial charge in [0.2, 0.25) is 0 Å². The van der Waals surface area contributed by atoms with Gasteiger partial charge >= 0.3 is 0 Å².